The summed E-state index contributed by atoms with van der Waals surface area (Å²) in [5.74, 6) is 0. The number of hydrogen-bond acceptors (Lipinski definition) is 2. The molecule has 0 N–H and O–H groups in total. The van der Waals surface area contributed by atoms with E-state index in [2.05, 4.69) is 4.90 Å². The molecule has 0 amide bonds. The molecule has 0 bridgehead atoms. The van der Waals surface area contributed by atoms with E-state index in [4.69, 9.17) is 0 Å². The van der Waals surface area contributed by atoms with Crippen LogP contribution in [-0.4, -0.2) is 19.3 Å². The van der Waals surface area contributed by atoms with Crippen LogP contribution in [0.4, 0.5) is 37.7 Å². The van der Waals surface area contributed by atoms with Gasteiger partial charge in [-0.2, -0.15) is 26.3 Å². The highest BCUT2D eigenvalue weighted by molar-refractivity contribution is 5.75. The monoisotopic (exact) mass is 478 g/mol. The van der Waals surface area contributed by atoms with E-state index in [9.17, 15) is 26.3 Å². The lowest BCUT2D eigenvalue weighted by Crippen LogP contribution is -2.45. The molecular weight excluding hydrogens is 454 g/mol. The van der Waals surface area contributed by atoms with Gasteiger partial charge in [0.2, 0.25) is 0 Å². The largest absolute Gasteiger partial charge is 0.416 e. The van der Waals surface area contributed by atoms with Gasteiger partial charge in [0.1, 0.15) is 0 Å². The minimum Gasteiger partial charge on any atom is -0.361 e. The third kappa shape index (κ3) is 5.16. The van der Waals surface area contributed by atoms with Gasteiger partial charge >= 0.3 is 12.4 Å². The highest BCUT2D eigenvalue weighted by Crippen LogP contribution is 2.45. The Labute approximate surface area is 194 Å². The van der Waals surface area contributed by atoms with Gasteiger partial charge in [-0.15, -0.1) is 0 Å². The topological polar surface area (TPSA) is 6.48 Å². The first kappa shape index (κ1) is 24.0. The zero-order chi connectivity index (χ0) is 24.5. The van der Waals surface area contributed by atoms with E-state index < -0.39 is 30.4 Å². The molecule has 1 heterocycles. The van der Waals surface area contributed by atoms with Crippen LogP contribution in [0.15, 0.2) is 78.9 Å². The van der Waals surface area contributed by atoms with Crippen LogP contribution in [0, 0.1) is 0 Å². The average Bonchev–Trinajstić information content (AvgIpc) is 2.81. The second kappa shape index (κ2) is 9.24. The van der Waals surface area contributed by atoms with Gasteiger partial charge in [-0.1, -0.05) is 54.6 Å². The van der Waals surface area contributed by atoms with Crippen molar-refractivity contribution in [3.05, 3.63) is 95.6 Å². The third-order valence-corrected chi connectivity index (χ3v) is 6.23. The molecule has 0 spiro atoms. The lowest BCUT2D eigenvalue weighted by atomic mass is 9.95. The Hall–Kier alpha value is -3.16. The molecule has 2 atom stereocenters. The van der Waals surface area contributed by atoms with Crippen LogP contribution in [0.25, 0.3) is 0 Å². The Morgan fingerprint density at radius 3 is 2.12 bits per heavy atom. The second-order valence-corrected chi connectivity index (χ2v) is 8.43. The zero-order valence-corrected chi connectivity index (χ0v) is 18.4. The van der Waals surface area contributed by atoms with Crippen molar-refractivity contribution in [1.82, 2.24) is 0 Å². The second-order valence-electron chi connectivity index (χ2n) is 8.43. The maximum atomic E-state index is 13.4. The van der Waals surface area contributed by atoms with E-state index in [1.165, 1.54) is 6.07 Å². The Bertz CT molecular complexity index is 1110. The van der Waals surface area contributed by atoms with Crippen LogP contribution in [0.2, 0.25) is 0 Å². The fraction of sp³-hybridized carbons (Fsp3) is 0.308. The van der Waals surface area contributed by atoms with Gasteiger partial charge in [-0.05, 0) is 42.3 Å². The van der Waals surface area contributed by atoms with Gasteiger partial charge in [0.05, 0.1) is 35.4 Å². The molecular formula is C26H24F6N2. The first-order chi connectivity index (χ1) is 16.0. The van der Waals surface area contributed by atoms with Crippen LogP contribution in [0.1, 0.15) is 42.1 Å². The van der Waals surface area contributed by atoms with Crippen molar-refractivity contribution >= 4 is 11.4 Å². The minimum atomic E-state index is -4.55. The van der Waals surface area contributed by atoms with Crippen molar-refractivity contribution in [3.63, 3.8) is 0 Å². The molecule has 3 aromatic rings. The number of hydrogen-bond donors (Lipinski definition) is 0. The molecule has 1 aliphatic rings. The van der Waals surface area contributed by atoms with Gasteiger partial charge in [-0.25, -0.2) is 0 Å². The predicted molar refractivity (Wildman–Crippen MR) is 121 cm³/mol. The maximum Gasteiger partial charge on any atom is 0.416 e. The number of alkyl halides is 6. The zero-order valence-electron chi connectivity index (χ0n) is 18.4. The van der Waals surface area contributed by atoms with Crippen molar-refractivity contribution in [1.29, 1.82) is 0 Å². The smallest absolute Gasteiger partial charge is 0.361 e. The molecule has 1 aliphatic heterocycles. The molecule has 34 heavy (non-hydrogen) atoms. The van der Waals surface area contributed by atoms with Crippen molar-refractivity contribution in [2.75, 3.05) is 22.9 Å². The first-order valence-electron chi connectivity index (χ1n) is 11.0. The number of anilines is 2. The molecule has 0 saturated carbocycles. The Kier molecular flexibility index (Phi) is 6.51. The van der Waals surface area contributed by atoms with E-state index in [1.54, 1.807) is 23.1 Å². The fourth-order valence-electron chi connectivity index (χ4n) is 4.51. The highest BCUT2D eigenvalue weighted by Gasteiger charge is 2.38. The van der Waals surface area contributed by atoms with Crippen LogP contribution in [-0.2, 0) is 6.18 Å². The van der Waals surface area contributed by atoms with E-state index in [1.807, 2.05) is 49.4 Å². The number of rotatable bonds is 5. The summed E-state index contributed by atoms with van der Waals surface area (Å²) in [6, 6.07) is 20.8. The van der Waals surface area contributed by atoms with E-state index in [0.29, 0.717) is 11.3 Å². The van der Waals surface area contributed by atoms with Crippen molar-refractivity contribution in [3.8, 4) is 0 Å². The molecule has 8 heteroatoms. The predicted octanol–water partition coefficient (Wildman–Crippen LogP) is 7.79. The Balaban J connectivity index is 1.81. The Morgan fingerprint density at radius 1 is 0.824 bits per heavy atom. The van der Waals surface area contributed by atoms with Gasteiger partial charge < -0.3 is 9.80 Å². The van der Waals surface area contributed by atoms with E-state index in [0.717, 1.165) is 23.4 Å². The molecule has 0 unspecified atom stereocenters. The summed E-state index contributed by atoms with van der Waals surface area (Å²) in [6.07, 6.45) is -10.00. The minimum absolute atomic E-state index is 0.139. The SMILES string of the molecule is C[C@H](c1ccccc1)N1C[C@@H](c2cccc(C(F)(F)F)c2)N(CCC(F)(F)F)c2ccccc21. The van der Waals surface area contributed by atoms with Crippen LogP contribution in [0.5, 0.6) is 0 Å². The third-order valence-electron chi connectivity index (χ3n) is 6.23. The van der Waals surface area contributed by atoms with Crippen LogP contribution >= 0.6 is 0 Å². The molecule has 3 aromatic carbocycles. The number of halogens is 6. The van der Waals surface area contributed by atoms with Crippen LogP contribution < -0.4 is 9.80 Å². The number of fused-ring (bicyclic) bond motifs is 1. The fourth-order valence-corrected chi connectivity index (χ4v) is 4.51. The van der Waals surface area contributed by atoms with Gasteiger partial charge in [-0.3, -0.25) is 0 Å². The molecule has 0 fully saturated rings. The van der Waals surface area contributed by atoms with Crippen molar-refractivity contribution in [2.45, 2.75) is 37.8 Å². The summed E-state index contributed by atoms with van der Waals surface area (Å²) in [5.41, 5.74) is 1.84. The normalized spacial score (nSPS) is 17.4. The molecule has 0 saturated heterocycles. The highest BCUT2D eigenvalue weighted by atomic mass is 19.4. The summed E-state index contributed by atoms with van der Waals surface area (Å²) < 4.78 is 79.8. The van der Waals surface area contributed by atoms with Gasteiger partial charge in [0.25, 0.3) is 0 Å². The lowest BCUT2D eigenvalue weighted by molar-refractivity contribution is -0.137. The average molecular weight is 478 g/mol. The molecule has 180 valence electrons. The van der Waals surface area contributed by atoms with E-state index in [-0.39, 0.29) is 19.1 Å². The number of para-hydroxylation sites is 2. The molecule has 0 aromatic heterocycles. The summed E-state index contributed by atoms with van der Waals surface area (Å²) in [7, 11) is 0. The number of nitrogens with zero attached hydrogens (tertiary/aromatic N) is 2. The molecule has 4 rings (SSSR count). The summed E-state index contributed by atoms with van der Waals surface area (Å²) in [5, 5.41) is 0. The van der Waals surface area contributed by atoms with Crippen molar-refractivity contribution in [2.24, 2.45) is 0 Å². The first-order valence-corrected chi connectivity index (χ1v) is 11.0. The standard InChI is InChI=1S/C26H24F6N2/c1-18(19-8-3-2-4-9-19)34-17-24(20-10-7-11-21(16-20)26(30,31)32)33(15-14-25(27,28)29)22-12-5-6-13-23(22)34/h2-13,16,18,24H,14-15,17H2,1H3/t18-,24+/m1/s1. The molecule has 0 aliphatic carbocycles. The molecule has 2 nitrogen and oxygen atoms in total. The summed E-state index contributed by atoms with van der Waals surface area (Å²) in [4.78, 5) is 3.65. The lowest BCUT2D eigenvalue weighted by Gasteiger charge is -2.47. The quantitative estimate of drug-likeness (QED) is 0.346. The maximum absolute atomic E-state index is 13.4. The van der Waals surface area contributed by atoms with E-state index >= 15 is 0 Å². The van der Waals surface area contributed by atoms with Gasteiger partial charge in [0.15, 0.2) is 0 Å². The summed E-state index contributed by atoms with van der Waals surface area (Å²) in [6.45, 7) is 1.88. The summed E-state index contributed by atoms with van der Waals surface area (Å²) >= 11 is 0. The van der Waals surface area contributed by atoms with Crippen LogP contribution in [0.3, 0.4) is 0 Å². The molecule has 0 radical (unpaired) electrons. The van der Waals surface area contributed by atoms with Gasteiger partial charge in [0, 0.05) is 13.1 Å². The number of benzene rings is 3. The van der Waals surface area contributed by atoms with Crippen molar-refractivity contribution < 1.29 is 26.3 Å². The Morgan fingerprint density at radius 2 is 1.47 bits per heavy atom.